The molecule has 3 heteroatoms. The van der Waals surface area contributed by atoms with E-state index in [0.717, 1.165) is 37.6 Å². The standard InChI is InChI=1S/C18H32N2O/c1-4-7-15-21-18-10-8-9-17(16-18)19-11-14-20(12-5-2)13-6-3/h8-10,16,19H,4-7,11-15H2,1-3H3. The number of hydrogen-bond acceptors (Lipinski definition) is 3. The zero-order valence-electron chi connectivity index (χ0n) is 14.0. The van der Waals surface area contributed by atoms with Crippen LogP contribution in [0.1, 0.15) is 46.5 Å². The summed E-state index contributed by atoms with van der Waals surface area (Å²) in [7, 11) is 0. The maximum atomic E-state index is 5.74. The van der Waals surface area contributed by atoms with Gasteiger partial charge < -0.3 is 15.0 Å². The number of unbranched alkanes of at least 4 members (excludes halogenated alkanes) is 1. The van der Waals surface area contributed by atoms with Gasteiger partial charge in [0.15, 0.2) is 0 Å². The predicted octanol–water partition coefficient (Wildman–Crippen LogP) is 4.40. The molecule has 0 aromatic heterocycles. The summed E-state index contributed by atoms with van der Waals surface area (Å²) in [6.45, 7) is 11.9. The molecular weight excluding hydrogens is 260 g/mol. The van der Waals surface area contributed by atoms with Gasteiger partial charge in [-0.2, -0.15) is 0 Å². The molecule has 0 amide bonds. The average molecular weight is 292 g/mol. The molecule has 0 saturated heterocycles. The van der Waals surface area contributed by atoms with Gasteiger partial charge >= 0.3 is 0 Å². The van der Waals surface area contributed by atoms with Crippen LogP contribution in [-0.2, 0) is 0 Å². The van der Waals surface area contributed by atoms with Crippen molar-refractivity contribution >= 4 is 5.69 Å². The third-order valence-corrected chi connectivity index (χ3v) is 3.44. The van der Waals surface area contributed by atoms with Crippen molar-refractivity contribution in [2.75, 3.05) is 38.1 Å². The van der Waals surface area contributed by atoms with Crippen LogP contribution in [-0.4, -0.2) is 37.7 Å². The molecule has 0 saturated carbocycles. The summed E-state index contributed by atoms with van der Waals surface area (Å²) in [5.41, 5.74) is 1.15. The summed E-state index contributed by atoms with van der Waals surface area (Å²) in [4.78, 5) is 2.52. The molecule has 1 aromatic carbocycles. The molecule has 0 aliphatic carbocycles. The van der Waals surface area contributed by atoms with Gasteiger partial charge in [0, 0.05) is 24.8 Å². The molecule has 1 aromatic rings. The Morgan fingerprint density at radius 1 is 1.00 bits per heavy atom. The first-order chi connectivity index (χ1) is 10.3. The number of rotatable bonds is 12. The Kier molecular flexibility index (Phi) is 9.71. The van der Waals surface area contributed by atoms with Crippen LogP contribution >= 0.6 is 0 Å². The monoisotopic (exact) mass is 292 g/mol. The van der Waals surface area contributed by atoms with Gasteiger partial charge in [-0.25, -0.2) is 0 Å². The van der Waals surface area contributed by atoms with Crippen LogP contribution < -0.4 is 10.1 Å². The molecule has 0 unspecified atom stereocenters. The first kappa shape index (κ1) is 17.8. The van der Waals surface area contributed by atoms with Crippen molar-refractivity contribution in [2.45, 2.75) is 46.5 Å². The molecule has 0 aliphatic rings. The van der Waals surface area contributed by atoms with E-state index in [9.17, 15) is 0 Å². The van der Waals surface area contributed by atoms with Crippen molar-refractivity contribution in [2.24, 2.45) is 0 Å². The fourth-order valence-electron chi connectivity index (χ4n) is 2.36. The fraction of sp³-hybridized carbons (Fsp3) is 0.667. The normalized spacial score (nSPS) is 10.9. The third kappa shape index (κ3) is 7.96. The molecule has 0 aliphatic heterocycles. The van der Waals surface area contributed by atoms with Gasteiger partial charge in [0.05, 0.1) is 6.61 Å². The maximum absolute atomic E-state index is 5.74. The lowest BCUT2D eigenvalue weighted by atomic mass is 10.3. The van der Waals surface area contributed by atoms with E-state index in [0.29, 0.717) is 0 Å². The van der Waals surface area contributed by atoms with Crippen LogP contribution in [0.4, 0.5) is 5.69 Å². The smallest absolute Gasteiger partial charge is 0.121 e. The van der Waals surface area contributed by atoms with Crippen LogP contribution in [0.3, 0.4) is 0 Å². The quantitative estimate of drug-likeness (QED) is 0.578. The van der Waals surface area contributed by atoms with Gasteiger partial charge in [-0.1, -0.05) is 33.3 Å². The number of anilines is 1. The first-order valence-electron chi connectivity index (χ1n) is 8.49. The van der Waals surface area contributed by atoms with Crippen molar-refractivity contribution in [3.05, 3.63) is 24.3 Å². The Morgan fingerprint density at radius 2 is 1.76 bits per heavy atom. The summed E-state index contributed by atoms with van der Waals surface area (Å²) in [6.07, 6.45) is 4.73. The third-order valence-electron chi connectivity index (χ3n) is 3.44. The van der Waals surface area contributed by atoms with Gasteiger partial charge in [0.1, 0.15) is 5.75 Å². The maximum Gasteiger partial charge on any atom is 0.121 e. The van der Waals surface area contributed by atoms with Crippen LogP contribution in [0, 0.1) is 0 Å². The molecule has 0 atom stereocenters. The van der Waals surface area contributed by atoms with Gasteiger partial charge in [-0.3, -0.25) is 0 Å². The number of nitrogens with zero attached hydrogens (tertiary/aromatic N) is 1. The molecule has 1 N–H and O–H groups in total. The van der Waals surface area contributed by atoms with E-state index < -0.39 is 0 Å². The van der Waals surface area contributed by atoms with Crippen LogP contribution in [0.25, 0.3) is 0 Å². The van der Waals surface area contributed by atoms with Gasteiger partial charge in [0.2, 0.25) is 0 Å². The van der Waals surface area contributed by atoms with E-state index in [2.05, 4.69) is 49.2 Å². The van der Waals surface area contributed by atoms with Crippen LogP contribution in [0.2, 0.25) is 0 Å². The second kappa shape index (κ2) is 11.4. The molecule has 3 nitrogen and oxygen atoms in total. The van der Waals surface area contributed by atoms with Crippen molar-refractivity contribution in [3.63, 3.8) is 0 Å². The molecular formula is C18H32N2O. The number of benzene rings is 1. The van der Waals surface area contributed by atoms with Crippen LogP contribution in [0.5, 0.6) is 5.75 Å². The molecule has 120 valence electrons. The van der Waals surface area contributed by atoms with Gasteiger partial charge in [-0.15, -0.1) is 0 Å². The zero-order chi connectivity index (χ0) is 15.3. The summed E-state index contributed by atoms with van der Waals surface area (Å²) in [5.74, 6) is 0.965. The Bertz CT molecular complexity index is 362. The highest BCUT2D eigenvalue weighted by atomic mass is 16.5. The Hall–Kier alpha value is -1.22. The lowest BCUT2D eigenvalue weighted by Crippen LogP contribution is -2.30. The van der Waals surface area contributed by atoms with Gasteiger partial charge in [-0.05, 0) is 44.5 Å². The summed E-state index contributed by atoms with van der Waals surface area (Å²) >= 11 is 0. The fourth-order valence-corrected chi connectivity index (χ4v) is 2.36. The molecule has 21 heavy (non-hydrogen) atoms. The van der Waals surface area contributed by atoms with Crippen molar-refractivity contribution < 1.29 is 4.74 Å². The average Bonchev–Trinajstić information content (AvgIpc) is 2.48. The van der Waals surface area contributed by atoms with E-state index in [4.69, 9.17) is 4.74 Å². The lowest BCUT2D eigenvalue weighted by molar-refractivity contribution is 0.285. The number of ether oxygens (including phenoxy) is 1. The Balaban J connectivity index is 2.35. The molecule has 0 heterocycles. The molecule has 0 spiro atoms. The predicted molar refractivity (Wildman–Crippen MR) is 92.4 cm³/mol. The first-order valence-corrected chi connectivity index (χ1v) is 8.49. The molecule has 0 fully saturated rings. The van der Waals surface area contributed by atoms with E-state index in [1.54, 1.807) is 0 Å². The highest BCUT2D eigenvalue weighted by Gasteiger charge is 2.02. The minimum atomic E-state index is 0.806. The molecule has 0 radical (unpaired) electrons. The lowest BCUT2D eigenvalue weighted by Gasteiger charge is -2.21. The highest BCUT2D eigenvalue weighted by molar-refractivity contribution is 5.48. The highest BCUT2D eigenvalue weighted by Crippen LogP contribution is 2.17. The molecule has 0 bridgehead atoms. The number of nitrogens with one attached hydrogen (secondary N) is 1. The van der Waals surface area contributed by atoms with E-state index in [-0.39, 0.29) is 0 Å². The zero-order valence-corrected chi connectivity index (χ0v) is 14.0. The van der Waals surface area contributed by atoms with Crippen molar-refractivity contribution in [1.82, 2.24) is 4.90 Å². The van der Waals surface area contributed by atoms with E-state index in [1.165, 1.54) is 32.4 Å². The second-order valence-electron chi connectivity index (χ2n) is 5.50. The Labute approximate surface area is 130 Å². The Morgan fingerprint density at radius 3 is 2.43 bits per heavy atom. The minimum Gasteiger partial charge on any atom is -0.494 e. The van der Waals surface area contributed by atoms with Crippen molar-refractivity contribution in [1.29, 1.82) is 0 Å². The van der Waals surface area contributed by atoms with E-state index >= 15 is 0 Å². The topological polar surface area (TPSA) is 24.5 Å². The van der Waals surface area contributed by atoms with Gasteiger partial charge in [0.25, 0.3) is 0 Å². The SMILES string of the molecule is CCCCOc1cccc(NCCN(CCC)CCC)c1. The largest absolute Gasteiger partial charge is 0.494 e. The number of hydrogen-bond donors (Lipinski definition) is 1. The summed E-state index contributed by atoms with van der Waals surface area (Å²) < 4.78 is 5.74. The summed E-state index contributed by atoms with van der Waals surface area (Å²) in [6, 6.07) is 8.29. The summed E-state index contributed by atoms with van der Waals surface area (Å²) in [5, 5.41) is 3.50. The van der Waals surface area contributed by atoms with E-state index in [1.807, 2.05) is 6.07 Å². The minimum absolute atomic E-state index is 0.806. The molecule has 1 rings (SSSR count). The second-order valence-corrected chi connectivity index (χ2v) is 5.50. The van der Waals surface area contributed by atoms with Crippen molar-refractivity contribution in [3.8, 4) is 5.75 Å². The van der Waals surface area contributed by atoms with Crippen LogP contribution in [0.15, 0.2) is 24.3 Å².